The van der Waals surface area contributed by atoms with Crippen LogP contribution in [0.15, 0.2) is 41.3 Å². The number of ether oxygens (including phenoxy) is 1. The summed E-state index contributed by atoms with van der Waals surface area (Å²) < 4.78 is 33.1. The molecule has 2 aromatic rings. The molecule has 0 aliphatic rings. The fraction of sp³-hybridized carbons (Fsp3) is 0.235. The van der Waals surface area contributed by atoms with Gasteiger partial charge in [0.05, 0.1) is 7.11 Å². The first-order valence-corrected chi connectivity index (χ1v) is 8.77. The summed E-state index contributed by atoms with van der Waals surface area (Å²) in [4.78, 5) is 11.1. The molecule has 0 radical (unpaired) electrons. The van der Waals surface area contributed by atoms with Gasteiger partial charge in [-0.25, -0.2) is 8.42 Å². The summed E-state index contributed by atoms with van der Waals surface area (Å²) in [5, 5.41) is 2.56. The van der Waals surface area contributed by atoms with Crippen molar-refractivity contribution in [3.05, 3.63) is 47.5 Å². The van der Waals surface area contributed by atoms with E-state index in [0.717, 1.165) is 11.1 Å². The topological polar surface area (TPSA) is 84.5 Å². The fourth-order valence-corrected chi connectivity index (χ4v) is 3.43. The maximum atomic E-state index is 12.7. The van der Waals surface area contributed by atoms with Crippen LogP contribution >= 0.6 is 0 Å². The summed E-state index contributed by atoms with van der Waals surface area (Å²) in [6.45, 7) is 5.21. The van der Waals surface area contributed by atoms with Gasteiger partial charge in [-0.1, -0.05) is 6.07 Å². The number of sulfonamides is 1. The summed E-state index contributed by atoms with van der Waals surface area (Å²) in [5.74, 6) is -0.0916. The average Bonchev–Trinajstić information content (AvgIpc) is 2.50. The molecule has 6 nitrogen and oxygen atoms in total. The number of benzene rings is 2. The first-order chi connectivity index (χ1) is 11.2. The predicted octanol–water partition coefficient (Wildman–Crippen LogP) is 3.07. The van der Waals surface area contributed by atoms with E-state index in [1.807, 2.05) is 19.9 Å². The number of amides is 1. The molecule has 0 aliphatic heterocycles. The third-order valence-corrected chi connectivity index (χ3v) is 4.94. The summed E-state index contributed by atoms with van der Waals surface area (Å²) in [6.07, 6.45) is 0. The molecule has 0 fully saturated rings. The number of aryl methyl sites for hydroxylation is 2. The lowest BCUT2D eigenvalue weighted by atomic mass is 10.1. The SMILES string of the molecule is COc1ccc(NC(C)=O)cc1S(=O)(=O)Nc1ccc(C)c(C)c1. The molecule has 0 unspecified atom stereocenters. The van der Waals surface area contributed by atoms with Crippen molar-refractivity contribution >= 4 is 27.3 Å². The molecule has 2 aromatic carbocycles. The van der Waals surface area contributed by atoms with Gasteiger partial charge in [0.25, 0.3) is 10.0 Å². The summed E-state index contributed by atoms with van der Waals surface area (Å²) in [5.41, 5.74) is 2.89. The van der Waals surface area contributed by atoms with Crippen molar-refractivity contribution in [1.29, 1.82) is 0 Å². The Morgan fingerprint density at radius 3 is 2.25 bits per heavy atom. The third-order valence-electron chi connectivity index (χ3n) is 3.53. The van der Waals surface area contributed by atoms with E-state index in [1.165, 1.54) is 26.2 Å². The van der Waals surface area contributed by atoms with Crippen molar-refractivity contribution in [2.75, 3.05) is 17.1 Å². The molecule has 0 aromatic heterocycles. The molecular formula is C17H20N2O4S. The summed E-state index contributed by atoms with van der Waals surface area (Å²) in [7, 11) is -2.48. The maximum absolute atomic E-state index is 12.7. The Hall–Kier alpha value is -2.54. The Balaban J connectivity index is 2.43. The zero-order chi connectivity index (χ0) is 17.9. The predicted molar refractivity (Wildman–Crippen MR) is 94.0 cm³/mol. The van der Waals surface area contributed by atoms with Crippen LogP contribution < -0.4 is 14.8 Å². The minimum absolute atomic E-state index is 0.0468. The second kappa shape index (κ2) is 6.92. The highest BCUT2D eigenvalue weighted by molar-refractivity contribution is 7.92. The van der Waals surface area contributed by atoms with Crippen LogP contribution in [0.2, 0.25) is 0 Å². The van der Waals surface area contributed by atoms with Crippen LogP contribution in [0, 0.1) is 13.8 Å². The molecule has 0 atom stereocenters. The fourth-order valence-electron chi connectivity index (χ4n) is 2.18. The van der Waals surface area contributed by atoms with Gasteiger partial charge in [0, 0.05) is 18.3 Å². The van der Waals surface area contributed by atoms with Crippen molar-refractivity contribution in [2.45, 2.75) is 25.7 Å². The number of hydrogen-bond acceptors (Lipinski definition) is 4. The van der Waals surface area contributed by atoms with Gasteiger partial charge in [-0.2, -0.15) is 0 Å². The van der Waals surface area contributed by atoms with E-state index < -0.39 is 10.0 Å². The van der Waals surface area contributed by atoms with Crippen LogP contribution in [0.1, 0.15) is 18.1 Å². The molecule has 2 rings (SSSR count). The first-order valence-electron chi connectivity index (χ1n) is 7.28. The van der Waals surface area contributed by atoms with Gasteiger partial charge < -0.3 is 10.1 Å². The lowest BCUT2D eigenvalue weighted by Crippen LogP contribution is -2.15. The number of carbonyl (C=O) groups is 1. The minimum atomic E-state index is -3.87. The smallest absolute Gasteiger partial charge is 0.265 e. The van der Waals surface area contributed by atoms with Gasteiger partial charge in [0.15, 0.2) is 0 Å². The molecule has 24 heavy (non-hydrogen) atoms. The van der Waals surface area contributed by atoms with Crippen molar-refractivity contribution in [1.82, 2.24) is 0 Å². The molecule has 0 bridgehead atoms. The van der Waals surface area contributed by atoms with E-state index in [1.54, 1.807) is 18.2 Å². The first kappa shape index (κ1) is 17.8. The van der Waals surface area contributed by atoms with E-state index in [2.05, 4.69) is 10.0 Å². The maximum Gasteiger partial charge on any atom is 0.265 e. The van der Waals surface area contributed by atoms with Crippen molar-refractivity contribution in [3.8, 4) is 5.75 Å². The molecule has 0 saturated carbocycles. The van der Waals surface area contributed by atoms with Gasteiger partial charge in [-0.3, -0.25) is 9.52 Å². The number of carbonyl (C=O) groups excluding carboxylic acids is 1. The van der Waals surface area contributed by atoms with E-state index in [4.69, 9.17) is 4.74 Å². The Morgan fingerprint density at radius 1 is 1.00 bits per heavy atom. The largest absolute Gasteiger partial charge is 0.495 e. The summed E-state index contributed by atoms with van der Waals surface area (Å²) in [6, 6.07) is 9.75. The van der Waals surface area contributed by atoms with Crippen LogP contribution in [-0.2, 0) is 14.8 Å². The molecule has 0 spiro atoms. The van der Waals surface area contributed by atoms with Gasteiger partial charge >= 0.3 is 0 Å². The third kappa shape index (κ3) is 4.05. The second-order valence-electron chi connectivity index (χ2n) is 5.45. The van der Waals surface area contributed by atoms with Gasteiger partial charge in [0.1, 0.15) is 10.6 Å². The van der Waals surface area contributed by atoms with Crippen LogP contribution in [0.5, 0.6) is 5.75 Å². The van der Waals surface area contributed by atoms with Gasteiger partial charge in [0.2, 0.25) is 5.91 Å². The Kier molecular flexibility index (Phi) is 5.14. The van der Waals surface area contributed by atoms with Crippen molar-refractivity contribution in [3.63, 3.8) is 0 Å². The molecule has 0 heterocycles. The number of nitrogens with one attached hydrogen (secondary N) is 2. The van der Waals surface area contributed by atoms with E-state index >= 15 is 0 Å². The van der Waals surface area contributed by atoms with Crippen LogP contribution in [0.4, 0.5) is 11.4 Å². The normalized spacial score (nSPS) is 11.0. The number of rotatable bonds is 5. The van der Waals surface area contributed by atoms with E-state index in [9.17, 15) is 13.2 Å². The Morgan fingerprint density at radius 2 is 1.67 bits per heavy atom. The molecule has 7 heteroatoms. The standard InChI is InChI=1S/C17H20N2O4S/c1-11-5-6-15(9-12(11)2)19-24(21,22)17-10-14(18-13(3)20)7-8-16(17)23-4/h5-10,19H,1-4H3,(H,18,20). The van der Waals surface area contributed by atoms with Crippen LogP contribution in [0.3, 0.4) is 0 Å². The van der Waals surface area contributed by atoms with Gasteiger partial charge in [-0.05, 0) is 55.3 Å². The van der Waals surface area contributed by atoms with Crippen LogP contribution in [0.25, 0.3) is 0 Å². The molecule has 128 valence electrons. The van der Waals surface area contributed by atoms with E-state index in [0.29, 0.717) is 11.4 Å². The molecule has 0 saturated heterocycles. The highest BCUT2D eigenvalue weighted by atomic mass is 32.2. The Bertz CT molecular complexity index is 876. The molecular weight excluding hydrogens is 328 g/mol. The monoisotopic (exact) mass is 348 g/mol. The minimum Gasteiger partial charge on any atom is -0.495 e. The quantitative estimate of drug-likeness (QED) is 0.870. The zero-order valence-electron chi connectivity index (χ0n) is 14.0. The Labute approximate surface area is 141 Å². The molecule has 0 aliphatic carbocycles. The molecule has 1 amide bonds. The van der Waals surface area contributed by atoms with Crippen molar-refractivity contribution in [2.24, 2.45) is 0 Å². The highest BCUT2D eigenvalue weighted by Crippen LogP contribution is 2.29. The lowest BCUT2D eigenvalue weighted by molar-refractivity contribution is -0.114. The number of hydrogen-bond donors (Lipinski definition) is 2. The average molecular weight is 348 g/mol. The number of methoxy groups -OCH3 is 1. The lowest BCUT2D eigenvalue weighted by Gasteiger charge is -2.14. The summed E-state index contributed by atoms with van der Waals surface area (Å²) >= 11 is 0. The zero-order valence-corrected chi connectivity index (χ0v) is 14.8. The highest BCUT2D eigenvalue weighted by Gasteiger charge is 2.21. The van der Waals surface area contributed by atoms with E-state index in [-0.39, 0.29) is 16.6 Å². The van der Waals surface area contributed by atoms with Crippen molar-refractivity contribution < 1.29 is 17.9 Å². The molecule has 2 N–H and O–H groups in total. The second-order valence-corrected chi connectivity index (χ2v) is 7.10. The number of anilines is 2. The van der Waals surface area contributed by atoms with Gasteiger partial charge in [-0.15, -0.1) is 0 Å². The van der Waals surface area contributed by atoms with Crippen LogP contribution in [-0.4, -0.2) is 21.4 Å².